The Hall–Kier alpha value is -2.01. The number of fused-ring (bicyclic) bond motifs is 3. The molecule has 1 amide bonds. The molecule has 0 radical (unpaired) electrons. The number of phenols is 1. The van der Waals surface area contributed by atoms with Gasteiger partial charge in [-0.05, 0) is 42.2 Å². The molecule has 2 aliphatic rings. The van der Waals surface area contributed by atoms with Crippen LogP contribution < -0.4 is 10.6 Å². The number of hydrogen-bond donors (Lipinski definition) is 3. The summed E-state index contributed by atoms with van der Waals surface area (Å²) < 4.78 is 0. The summed E-state index contributed by atoms with van der Waals surface area (Å²) in [5, 5.41) is 17.5. The lowest BCUT2D eigenvalue weighted by Crippen LogP contribution is -2.38. The van der Waals surface area contributed by atoms with Gasteiger partial charge in [-0.1, -0.05) is 39.0 Å². The standard InChI is InChI=1S/C20H24N2O2S/c1-20(2,3)11-8-9-13-15(10-11)25-19-16(13)18(24)21-17(22-19)12-6-4-5-7-14(12)23/h4-7,11,17,22-23H,8-10H2,1-3H3,(H,21,24). The normalized spacial score (nSPS) is 22.6. The van der Waals surface area contributed by atoms with E-state index >= 15 is 0 Å². The van der Waals surface area contributed by atoms with Crippen LogP contribution >= 0.6 is 11.3 Å². The lowest BCUT2D eigenvalue weighted by molar-refractivity contribution is 0.0934. The molecule has 25 heavy (non-hydrogen) atoms. The molecule has 1 aliphatic carbocycles. The minimum absolute atomic E-state index is 0.0336. The molecular weight excluding hydrogens is 332 g/mol. The molecule has 132 valence electrons. The summed E-state index contributed by atoms with van der Waals surface area (Å²) in [6, 6.07) is 7.13. The van der Waals surface area contributed by atoms with Gasteiger partial charge in [-0.25, -0.2) is 0 Å². The molecule has 0 spiro atoms. The number of phenolic OH excluding ortho intramolecular Hbond substituents is 1. The van der Waals surface area contributed by atoms with E-state index in [9.17, 15) is 9.90 Å². The van der Waals surface area contributed by atoms with Gasteiger partial charge in [0.2, 0.25) is 0 Å². The van der Waals surface area contributed by atoms with Gasteiger partial charge < -0.3 is 15.7 Å². The lowest BCUT2D eigenvalue weighted by Gasteiger charge is -2.34. The van der Waals surface area contributed by atoms with Crippen molar-refractivity contribution in [3.8, 4) is 5.75 Å². The molecule has 4 rings (SSSR count). The fraction of sp³-hybridized carbons (Fsp3) is 0.450. The summed E-state index contributed by atoms with van der Waals surface area (Å²) in [4.78, 5) is 14.1. The van der Waals surface area contributed by atoms with Crippen molar-refractivity contribution >= 4 is 22.2 Å². The Bertz CT molecular complexity index is 835. The Balaban J connectivity index is 1.67. The summed E-state index contributed by atoms with van der Waals surface area (Å²) >= 11 is 1.71. The predicted molar refractivity (Wildman–Crippen MR) is 101 cm³/mol. The van der Waals surface area contributed by atoms with Crippen LogP contribution in [0, 0.1) is 11.3 Å². The van der Waals surface area contributed by atoms with Gasteiger partial charge in [0.1, 0.15) is 16.9 Å². The summed E-state index contributed by atoms with van der Waals surface area (Å²) in [7, 11) is 0. The molecular formula is C20H24N2O2S. The van der Waals surface area contributed by atoms with E-state index in [1.807, 2.05) is 12.1 Å². The Morgan fingerprint density at radius 1 is 1.20 bits per heavy atom. The van der Waals surface area contributed by atoms with Gasteiger partial charge >= 0.3 is 0 Å². The van der Waals surface area contributed by atoms with E-state index in [0.29, 0.717) is 11.5 Å². The number of thiophene rings is 1. The van der Waals surface area contributed by atoms with Crippen molar-refractivity contribution in [2.75, 3.05) is 5.32 Å². The molecule has 1 aromatic carbocycles. The van der Waals surface area contributed by atoms with E-state index in [2.05, 4.69) is 31.4 Å². The fourth-order valence-corrected chi connectivity index (χ4v) is 5.28. The third-order valence-corrected chi connectivity index (χ3v) is 6.70. The molecule has 0 fully saturated rings. The Morgan fingerprint density at radius 2 is 1.96 bits per heavy atom. The maximum Gasteiger partial charge on any atom is 0.256 e. The zero-order valence-electron chi connectivity index (χ0n) is 14.8. The smallest absolute Gasteiger partial charge is 0.256 e. The van der Waals surface area contributed by atoms with Crippen molar-refractivity contribution in [3.63, 3.8) is 0 Å². The van der Waals surface area contributed by atoms with Gasteiger partial charge in [0.15, 0.2) is 0 Å². The molecule has 0 saturated heterocycles. The maximum atomic E-state index is 12.8. The Kier molecular flexibility index (Phi) is 3.80. The minimum Gasteiger partial charge on any atom is -0.508 e. The van der Waals surface area contributed by atoms with Crippen LogP contribution in [0.15, 0.2) is 24.3 Å². The van der Waals surface area contributed by atoms with Crippen molar-refractivity contribution < 1.29 is 9.90 Å². The second kappa shape index (κ2) is 5.77. The highest BCUT2D eigenvalue weighted by atomic mass is 32.1. The first-order valence-corrected chi connectivity index (χ1v) is 9.66. The van der Waals surface area contributed by atoms with Crippen LogP contribution in [0.2, 0.25) is 0 Å². The third-order valence-electron chi connectivity index (χ3n) is 5.52. The average molecular weight is 356 g/mol. The second-order valence-electron chi connectivity index (χ2n) is 8.12. The molecule has 2 aromatic rings. The number of rotatable bonds is 1. The summed E-state index contributed by atoms with van der Waals surface area (Å²) in [5.41, 5.74) is 3.02. The van der Waals surface area contributed by atoms with Crippen LogP contribution in [-0.4, -0.2) is 11.0 Å². The van der Waals surface area contributed by atoms with Crippen LogP contribution in [0.5, 0.6) is 5.75 Å². The number of carbonyl (C=O) groups excluding carboxylic acids is 1. The van der Waals surface area contributed by atoms with Crippen molar-refractivity contribution in [1.82, 2.24) is 5.32 Å². The number of anilines is 1. The van der Waals surface area contributed by atoms with Crippen LogP contribution in [0.25, 0.3) is 0 Å². The lowest BCUT2D eigenvalue weighted by atomic mass is 9.72. The van der Waals surface area contributed by atoms with Gasteiger partial charge in [-0.3, -0.25) is 4.79 Å². The van der Waals surface area contributed by atoms with E-state index in [0.717, 1.165) is 29.8 Å². The number of amides is 1. The average Bonchev–Trinajstić information content (AvgIpc) is 2.92. The highest BCUT2D eigenvalue weighted by molar-refractivity contribution is 7.16. The van der Waals surface area contributed by atoms with E-state index in [4.69, 9.17) is 0 Å². The molecule has 0 saturated carbocycles. The molecule has 0 bridgehead atoms. The summed E-state index contributed by atoms with van der Waals surface area (Å²) in [6.45, 7) is 6.90. The number of aromatic hydroxyl groups is 1. The molecule has 1 aromatic heterocycles. The molecule has 5 heteroatoms. The van der Waals surface area contributed by atoms with Gasteiger partial charge in [0, 0.05) is 10.4 Å². The third kappa shape index (κ3) is 2.80. The van der Waals surface area contributed by atoms with Crippen molar-refractivity contribution in [3.05, 3.63) is 45.8 Å². The van der Waals surface area contributed by atoms with E-state index < -0.39 is 0 Å². The summed E-state index contributed by atoms with van der Waals surface area (Å²) in [6.07, 6.45) is 2.77. The molecule has 1 aliphatic heterocycles. The van der Waals surface area contributed by atoms with Gasteiger partial charge in [-0.2, -0.15) is 0 Å². The van der Waals surface area contributed by atoms with Gasteiger partial charge in [0.05, 0.1) is 5.56 Å². The molecule has 3 N–H and O–H groups in total. The number of hydrogen-bond acceptors (Lipinski definition) is 4. The van der Waals surface area contributed by atoms with Crippen LogP contribution in [0.1, 0.15) is 59.7 Å². The van der Waals surface area contributed by atoms with Crippen LogP contribution in [-0.2, 0) is 12.8 Å². The fourth-order valence-electron chi connectivity index (χ4n) is 3.92. The van der Waals surface area contributed by atoms with Crippen molar-refractivity contribution in [2.45, 2.75) is 46.2 Å². The van der Waals surface area contributed by atoms with E-state index in [1.54, 1.807) is 23.5 Å². The molecule has 2 heterocycles. The zero-order valence-corrected chi connectivity index (χ0v) is 15.7. The van der Waals surface area contributed by atoms with E-state index in [-0.39, 0.29) is 23.2 Å². The number of para-hydroxylation sites is 1. The first-order chi connectivity index (χ1) is 11.8. The van der Waals surface area contributed by atoms with Crippen molar-refractivity contribution in [1.29, 1.82) is 0 Å². The second-order valence-corrected chi connectivity index (χ2v) is 9.23. The molecule has 2 unspecified atom stereocenters. The number of benzene rings is 1. The van der Waals surface area contributed by atoms with Crippen molar-refractivity contribution in [2.24, 2.45) is 11.3 Å². The highest BCUT2D eigenvalue weighted by Crippen LogP contribution is 2.46. The summed E-state index contributed by atoms with van der Waals surface area (Å²) in [5.74, 6) is 0.809. The monoisotopic (exact) mass is 356 g/mol. The first kappa shape index (κ1) is 16.5. The zero-order chi connectivity index (χ0) is 17.8. The number of nitrogens with one attached hydrogen (secondary N) is 2. The quantitative estimate of drug-likeness (QED) is 0.707. The van der Waals surface area contributed by atoms with E-state index in [1.165, 1.54) is 10.4 Å². The minimum atomic E-state index is -0.389. The first-order valence-electron chi connectivity index (χ1n) is 8.84. The topological polar surface area (TPSA) is 61.4 Å². The number of carbonyl (C=O) groups is 1. The Labute approximate surface area is 152 Å². The van der Waals surface area contributed by atoms with Crippen LogP contribution in [0.3, 0.4) is 0 Å². The predicted octanol–water partition coefficient (Wildman–Crippen LogP) is 4.46. The maximum absolute atomic E-state index is 12.8. The SMILES string of the molecule is CC(C)(C)C1CCc2c(sc3c2C(=O)NC(c2ccccc2O)N3)C1. The van der Waals surface area contributed by atoms with Crippen LogP contribution in [0.4, 0.5) is 5.00 Å². The van der Waals surface area contributed by atoms with Gasteiger partial charge in [-0.15, -0.1) is 11.3 Å². The molecule has 4 nitrogen and oxygen atoms in total. The largest absolute Gasteiger partial charge is 0.508 e. The molecule has 2 atom stereocenters. The van der Waals surface area contributed by atoms with Gasteiger partial charge in [0.25, 0.3) is 5.91 Å². The highest BCUT2D eigenvalue weighted by Gasteiger charge is 2.36. The Morgan fingerprint density at radius 3 is 2.68 bits per heavy atom.